The van der Waals surface area contributed by atoms with Crippen molar-refractivity contribution in [2.75, 3.05) is 5.32 Å². The number of benzene rings is 1. The van der Waals surface area contributed by atoms with Crippen LogP contribution in [0.4, 0.5) is 5.69 Å². The molecule has 0 spiro atoms. The summed E-state index contributed by atoms with van der Waals surface area (Å²) in [5, 5.41) is 7.85. The van der Waals surface area contributed by atoms with Crippen molar-refractivity contribution in [2.24, 2.45) is 0 Å². The molecule has 1 amide bonds. The maximum atomic E-state index is 12.3. The van der Waals surface area contributed by atoms with E-state index in [0.717, 1.165) is 24.3 Å². The number of rotatable bonds is 8. The van der Waals surface area contributed by atoms with E-state index in [1.807, 2.05) is 0 Å². The van der Waals surface area contributed by atoms with Gasteiger partial charge in [-0.2, -0.15) is 9.61 Å². The van der Waals surface area contributed by atoms with Crippen LogP contribution in [0.25, 0.3) is 4.96 Å². The number of ether oxygens (including phenoxy) is 1. The molecule has 3 aromatic rings. The molecule has 3 rings (SSSR count). The average Bonchev–Trinajstić information content (AvgIpc) is 3.14. The minimum atomic E-state index is -0.562. The van der Waals surface area contributed by atoms with Crippen molar-refractivity contribution in [1.82, 2.24) is 14.6 Å². The van der Waals surface area contributed by atoms with E-state index in [4.69, 9.17) is 4.74 Å². The summed E-state index contributed by atoms with van der Waals surface area (Å²) in [6.07, 6.45) is 3.19. The highest BCUT2D eigenvalue weighted by Gasteiger charge is 2.12. The van der Waals surface area contributed by atoms with Crippen LogP contribution in [0.1, 0.15) is 54.2 Å². The highest BCUT2D eigenvalue weighted by Crippen LogP contribution is 2.15. The third-order valence-electron chi connectivity index (χ3n) is 4.14. The number of hydrogen-bond donors (Lipinski definition) is 1. The number of fused-ring (bicyclic) bond motifs is 1. The Balaban J connectivity index is 1.70. The predicted molar refractivity (Wildman–Crippen MR) is 110 cm³/mol. The molecule has 1 aromatic carbocycles. The van der Waals surface area contributed by atoms with Crippen molar-refractivity contribution in [1.29, 1.82) is 0 Å². The van der Waals surface area contributed by atoms with Gasteiger partial charge in [-0.05, 0) is 24.6 Å². The van der Waals surface area contributed by atoms with Gasteiger partial charge >= 0.3 is 5.97 Å². The quantitative estimate of drug-likeness (QED) is 0.568. The summed E-state index contributed by atoms with van der Waals surface area (Å²) >= 11 is 1.37. The number of amides is 1. The van der Waals surface area contributed by atoms with E-state index in [0.29, 0.717) is 28.3 Å². The summed E-state index contributed by atoms with van der Waals surface area (Å²) < 4.78 is 6.58. The number of hydrogen-bond acceptors (Lipinski definition) is 7. The van der Waals surface area contributed by atoms with Crippen LogP contribution < -0.4 is 10.9 Å². The third-order valence-corrected chi connectivity index (χ3v) is 5.11. The lowest BCUT2D eigenvalue weighted by atomic mass is 10.2. The van der Waals surface area contributed by atoms with Gasteiger partial charge in [-0.15, -0.1) is 0 Å². The van der Waals surface area contributed by atoms with Crippen LogP contribution in [0.5, 0.6) is 0 Å². The Hall–Kier alpha value is -3.07. The molecule has 0 radical (unpaired) electrons. The monoisotopic (exact) mass is 414 g/mol. The molecule has 0 aliphatic carbocycles. The van der Waals surface area contributed by atoms with Crippen LogP contribution in [0, 0.1) is 0 Å². The first-order valence-electron chi connectivity index (χ1n) is 9.46. The van der Waals surface area contributed by atoms with Crippen LogP contribution in [-0.2, 0) is 22.6 Å². The van der Waals surface area contributed by atoms with Crippen molar-refractivity contribution >= 4 is 33.9 Å². The summed E-state index contributed by atoms with van der Waals surface area (Å²) in [5.74, 6) is -0.705. The van der Waals surface area contributed by atoms with E-state index in [1.54, 1.807) is 31.2 Å². The molecule has 0 bridgehead atoms. The van der Waals surface area contributed by atoms with E-state index in [9.17, 15) is 14.4 Å². The van der Waals surface area contributed by atoms with E-state index in [1.165, 1.54) is 21.9 Å². The molecule has 0 atom stereocenters. The number of aryl methyl sites for hydroxylation is 1. The van der Waals surface area contributed by atoms with Gasteiger partial charge in [-0.25, -0.2) is 9.78 Å². The Labute approximate surface area is 171 Å². The highest BCUT2D eigenvalue weighted by atomic mass is 32.1. The smallest absolute Gasteiger partial charge is 0.338 e. The fourth-order valence-corrected chi connectivity index (χ4v) is 3.55. The summed E-state index contributed by atoms with van der Waals surface area (Å²) in [7, 11) is 0. The Bertz CT molecular complexity index is 1090. The Morgan fingerprint density at radius 1 is 1.24 bits per heavy atom. The fourth-order valence-electron chi connectivity index (χ4n) is 2.59. The molecule has 0 aliphatic heterocycles. The van der Waals surface area contributed by atoms with E-state index < -0.39 is 5.97 Å². The largest absolute Gasteiger partial charge is 0.456 e. The lowest BCUT2D eigenvalue weighted by molar-refractivity contribution is -0.115. The second-order valence-corrected chi connectivity index (χ2v) is 7.48. The number of unbranched alkanes of at least 4 members (excludes halogenated alkanes) is 1. The first kappa shape index (κ1) is 20.7. The van der Waals surface area contributed by atoms with Gasteiger partial charge in [0.1, 0.15) is 11.6 Å². The zero-order valence-corrected chi connectivity index (χ0v) is 17.1. The number of aromatic nitrogens is 3. The zero-order chi connectivity index (χ0) is 20.8. The number of anilines is 1. The molecule has 0 aliphatic rings. The summed E-state index contributed by atoms with van der Waals surface area (Å²) in [6, 6.07) is 7.82. The van der Waals surface area contributed by atoms with Crippen LogP contribution in [0.15, 0.2) is 35.1 Å². The Morgan fingerprint density at radius 3 is 2.83 bits per heavy atom. The van der Waals surface area contributed by atoms with Gasteiger partial charge in [0.05, 0.1) is 11.3 Å². The molecule has 29 heavy (non-hydrogen) atoms. The Kier molecular flexibility index (Phi) is 6.71. The molecule has 0 unspecified atom stereocenters. The second kappa shape index (κ2) is 9.42. The number of carbonyl (C=O) groups excluding carboxylic acids is 2. The number of esters is 1. The average molecular weight is 414 g/mol. The molecule has 1 N–H and O–H groups in total. The minimum absolute atomic E-state index is 0.127. The van der Waals surface area contributed by atoms with Gasteiger partial charge in [-0.1, -0.05) is 37.7 Å². The van der Waals surface area contributed by atoms with Gasteiger partial charge in [0, 0.05) is 24.6 Å². The van der Waals surface area contributed by atoms with Crippen molar-refractivity contribution in [3.8, 4) is 0 Å². The Morgan fingerprint density at radius 2 is 2.07 bits per heavy atom. The summed E-state index contributed by atoms with van der Waals surface area (Å²) in [5.41, 5.74) is 0.888. The SMILES string of the molecule is CCCCc1nn2c(=O)cc(COC(=O)c3cccc(NC(=O)CC)c3)nc2s1. The third kappa shape index (κ3) is 5.26. The summed E-state index contributed by atoms with van der Waals surface area (Å²) in [4.78, 5) is 41.0. The molecule has 0 fully saturated rings. The molecule has 2 heterocycles. The molecule has 8 nitrogen and oxygen atoms in total. The molecular weight excluding hydrogens is 392 g/mol. The number of carbonyl (C=O) groups is 2. The van der Waals surface area contributed by atoms with E-state index in [2.05, 4.69) is 22.3 Å². The molecular formula is C20H22N4O4S. The van der Waals surface area contributed by atoms with E-state index in [-0.39, 0.29) is 18.1 Å². The van der Waals surface area contributed by atoms with Gasteiger partial charge in [0.2, 0.25) is 10.9 Å². The number of nitrogens with one attached hydrogen (secondary N) is 1. The predicted octanol–water partition coefficient (Wildman–Crippen LogP) is 3.20. The molecule has 9 heteroatoms. The first-order chi connectivity index (χ1) is 14.0. The van der Waals surface area contributed by atoms with Crippen LogP contribution in [0.3, 0.4) is 0 Å². The van der Waals surface area contributed by atoms with Gasteiger partial charge in [-0.3, -0.25) is 9.59 Å². The molecule has 0 saturated carbocycles. The summed E-state index contributed by atoms with van der Waals surface area (Å²) in [6.45, 7) is 3.71. The maximum absolute atomic E-state index is 12.3. The minimum Gasteiger partial charge on any atom is -0.456 e. The highest BCUT2D eigenvalue weighted by molar-refractivity contribution is 7.16. The maximum Gasteiger partial charge on any atom is 0.338 e. The van der Waals surface area contributed by atoms with Crippen molar-refractivity contribution in [3.05, 3.63) is 57.0 Å². The zero-order valence-electron chi connectivity index (χ0n) is 16.3. The van der Waals surface area contributed by atoms with Crippen molar-refractivity contribution in [2.45, 2.75) is 46.1 Å². The molecule has 152 valence electrons. The van der Waals surface area contributed by atoms with Crippen LogP contribution >= 0.6 is 11.3 Å². The topological polar surface area (TPSA) is 103 Å². The van der Waals surface area contributed by atoms with Gasteiger partial charge in [0.15, 0.2) is 0 Å². The first-order valence-corrected chi connectivity index (χ1v) is 10.3. The molecule has 2 aromatic heterocycles. The standard InChI is InChI=1S/C20H22N4O4S/c1-3-5-9-17-23-24-18(26)11-15(22-20(24)29-17)12-28-19(27)13-7-6-8-14(10-13)21-16(25)4-2/h6-8,10-11H,3-5,9,12H2,1-2H3,(H,21,25). The molecule has 0 saturated heterocycles. The van der Waals surface area contributed by atoms with Gasteiger partial charge < -0.3 is 10.1 Å². The van der Waals surface area contributed by atoms with Crippen molar-refractivity contribution < 1.29 is 14.3 Å². The van der Waals surface area contributed by atoms with E-state index >= 15 is 0 Å². The van der Waals surface area contributed by atoms with Crippen molar-refractivity contribution in [3.63, 3.8) is 0 Å². The second-order valence-electron chi connectivity index (χ2n) is 6.44. The van der Waals surface area contributed by atoms with Crippen LogP contribution in [-0.4, -0.2) is 26.5 Å². The van der Waals surface area contributed by atoms with Crippen LogP contribution in [0.2, 0.25) is 0 Å². The number of nitrogens with zero attached hydrogens (tertiary/aromatic N) is 3. The fraction of sp³-hybridized carbons (Fsp3) is 0.350. The normalized spacial score (nSPS) is 10.8. The van der Waals surface area contributed by atoms with Gasteiger partial charge in [0.25, 0.3) is 5.56 Å². The lowest BCUT2D eigenvalue weighted by Gasteiger charge is -2.07. The lowest BCUT2D eigenvalue weighted by Crippen LogP contribution is -2.17.